The molecular weight excluding hydrogens is 126 g/mol. The molecule has 1 aliphatic heterocycles. The van der Waals surface area contributed by atoms with Crippen molar-refractivity contribution in [3.8, 4) is 0 Å². The van der Waals surface area contributed by atoms with Crippen LogP contribution in [0.15, 0.2) is 0 Å². The molecule has 2 nitrogen and oxygen atoms in total. The van der Waals surface area contributed by atoms with E-state index < -0.39 is 0 Å². The van der Waals surface area contributed by atoms with E-state index in [2.05, 4.69) is 33.9 Å². The van der Waals surface area contributed by atoms with Crippen molar-refractivity contribution >= 4 is 6.21 Å². The second-order valence-corrected chi connectivity index (χ2v) is 3.83. The summed E-state index contributed by atoms with van der Waals surface area (Å²) in [4.78, 5) is 5.50. The lowest BCUT2D eigenvalue weighted by molar-refractivity contribution is -0.826. The van der Waals surface area contributed by atoms with Crippen LogP contribution in [0, 0.1) is 0 Å². The van der Waals surface area contributed by atoms with Crippen LogP contribution in [0.2, 0.25) is 0 Å². The van der Waals surface area contributed by atoms with Gasteiger partial charge in [0.25, 0.3) is 0 Å². The standard InChI is InChI=1S/C8H16NO/c1-7-5-6-9(10-7)8(2,3)4/h6-7H,5H2,1-4H3/q+1/t7-/m0/s1. The van der Waals surface area contributed by atoms with Gasteiger partial charge in [0.05, 0.1) is 6.42 Å². The highest BCUT2D eigenvalue weighted by Gasteiger charge is 2.32. The number of hydrogen-bond acceptors (Lipinski definition) is 1. The predicted octanol–water partition coefficient (Wildman–Crippen LogP) is 1.59. The molecule has 0 spiro atoms. The number of nitrogens with zero attached hydrogens (tertiary/aromatic N) is 1. The Morgan fingerprint density at radius 1 is 1.50 bits per heavy atom. The molecule has 0 fully saturated rings. The van der Waals surface area contributed by atoms with Crippen LogP contribution < -0.4 is 0 Å². The third kappa shape index (κ3) is 1.49. The van der Waals surface area contributed by atoms with E-state index >= 15 is 0 Å². The molecule has 0 aromatic heterocycles. The zero-order valence-corrected chi connectivity index (χ0v) is 7.22. The summed E-state index contributed by atoms with van der Waals surface area (Å²) >= 11 is 0. The second kappa shape index (κ2) is 2.26. The largest absolute Gasteiger partial charge is 0.273 e. The first-order chi connectivity index (χ1) is 4.50. The van der Waals surface area contributed by atoms with E-state index in [0.29, 0.717) is 6.10 Å². The number of hydroxylamine groups is 1. The topological polar surface area (TPSA) is 12.2 Å². The summed E-state index contributed by atoms with van der Waals surface area (Å²) in [6.07, 6.45) is 3.52. The van der Waals surface area contributed by atoms with Gasteiger partial charge in [-0.3, -0.25) is 4.84 Å². The van der Waals surface area contributed by atoms with Gasteiger partial charge in [0.2, 0.25) is 5.54 Å². The van der Waals surface area contributed by atoms with Crippen LogP contribution in [0.4, 0.5) is 0 Å². The van der Waals surface area contributed by atoms with Crippen molar-refractivity contribution in [2.24, 2.45) is 0 Å². The Hall–Kier alpha value is -0.530. The first-order valence-electron chi connectivity index (χ1n) is 3.79. The molecule has 1 heterocycles. The Morgan fingerprint density at radius 3 is 2.30 bits per heavy atom. The molecule has 0 N–H and O–H groups in total. The van der Waals surface area contributed by atoms with Gasteiger partial charge < -0.3 is 0 Å². The van der Waals surface area contributed by atoms with Crippen molar-refractivity contribution in [3.63, 3.8) is 0 Å². The number of hydrogen-bond donors (Lipinski definition) is 0. The van der Waals surface area contributed by atoms with Crippen molar-refractivity contribution < 1.29 is 9.58 Å². The first-order valence-corrected chi connectivity index (χ1v) is 3.79. The zero-order chi connectivity index (χ0) is 7.78. The predicted molar refractivity (Wildman–Crippen MR) is 41.2 cm³/mol. The lowest BCUT2D eigenvalue weighted by Crippen LogP contribution is -2.31. The Labute approximate surface area is 62.5 Å². The van der Waals surface area contributed by atoms with E-state index in [4.69, 9.17) is 4.84 Å². The molecule has 58 valence electrons. The second-order valence-electron chi connectivity index (χ2n) is 3.83. The van der Waals surface area contributed by atoms with Crippen LogP contribution in [-0.2, 0) is 4.84 Å². The van der Waals surface area contributed by atoms with Crippen LogP contribution in [0.3, 0.4) is 0 Å². The lowest BCUT2D eigenvalue weighted by atomic mass is 10.1. The van der Waals surface area contributed by atoms with Crippen molar-refractivity contribution in [1.82, 2.24) is 0 Å². The maximum atomic E-state index is 5.50. The summed E-state index contributed by atoms with van der Waals surface area (Å²) in [5.74, 6) is 0. The van der Waals surface area contributed by atoms with Gasteiger partial charge in [-0.1, -0.05) is 0 Å². The summed E-state index contributed by atoms with van der Waals surface area (Å²) < 4.78 is 1.94. The van der Waals surface area contributed by atoms with E-state index in [1.54, 1.807) is 0 Å². The number of rotatable bonds is 0. The third-order valence-electron chi connectivity index (χ3n) is 1.56. The molecule has 1 rings (SSSR count). The molecule has 1 atom stereocenters. The Kier molecular flexibility index (Phi) is 1.71. The summed E-state index contributed by atoms with van der Waals surface area (Å²) in [7, 11) is 0. The molecule has 0 aliphatic carbocycles. The molecule has 0 bridgehead atoms. The maximum Gasteiger partial charge on any atom is 0.203 e. The van der Waals surface area contributed by atoms with Gasteiger partial charge in [-0.05, 0) is 11.7 Å². The normalized spacial score (nSPS) is 26.0. The Morgan fingerprint density at radius 2 is 2.10 bits per heavy atom. The Bertz CT molecular complexity index is 155. The molecule has 0 unspecified atom stereocenters. The summed E-state index contributed by atoms with van der Waals surface area (Å²) in [5.41, 5.74) is 0.116. The smallest absolute Gasteiger partial charge is 0.203 e. The minimum Gasteiger partial charge on any atom is -0.273 e. The molecule has 10 heavy (non-hydrogen) atoms. The minimum absolute atomic E-state index is 0.116. The summed E-state index contributed by atoms with van der Waals surface area (Å²) in [6, 6.07) is 0. The van der Waals surface area contributed by atoms with Crippen LogP contribution in [0.1, 0.15) is 34.1 Å². The zero-order valence-electron chi connectivity index (χ0n) is 7.22. The molecule has 0 amide bonds. The van der Waals surface area contributed by atoms with Crippen molar-refractivity contribution in [2.45, 2.75) is 45.8 Å². The minimum atomic E-state index is 0.116. The van der Waals surface area contributed by atoms with Gasteiger partial charge in [-0.25, -0.2) is 0 Å². The SMILES string of the molecule is C[C@H]1CC=[N+](C(C)(C)C)O1. The molecule has 0 aromatic carbocycles. The molecule has 0 saturated heterocycles. The molecular formula is C8H16NO+. The van der Waals surface area contributed by atoms with E-state index in [0.717, 1.165) is 6.42 Å². The molecule has 0 radical (unpaired) electrons. The quantitative estimate of drug-likeness (QED) is 0.468. The highest BCUT2D eigenvalue weighted by atomic mass is 16.7. The van der Waals surface area contributed by atoms with E-state index in [9.17, 15) is 0 Å². The van der Waals surface area contributed by atoms with Gasteiger partial charge in [0.1, 0.15) is 0 Å². The lowest BCUT2D eigenvalue weighted by Gasteiger charge is -2.12. The van der Waals surface area contributed by atoms with Gasteiger partial charge >= 0.3 is 0 Å². The van der Waals surface area contributed by atoms with Crippen molar-refractivity contribution in [3.05, 3.63) is 0 Å². The molecule has 0 aromatic rings. The van der Waals surface area contributed by atoms with E-state index in [1.807, 2.05) is 4.74 Å². The average Bonchev–Trinajstić information content (AvgIpc) is 2.11. The summed E-state index contributed by atoms with van der Waals surface area (Å²) in [6.45, 7) is 8.51. The fraction of sp³-hybridized carbons (Fsp3) is 0.875. The first kappa shape index (κ1) is 7.58. The fourth-order valence-corrected chi connectivity index (χ4v) is 0.956. The van der Waals surface area contributed by atoms with Crippen molar-refractivity contribution in [1.29, 1.82) is 0 Å². The molecule has 0 saturated carbocycles. The van der Waals surface area contributed by atoms with Crippen molar-refractivity contribution in [2.75, 3.05) is 0 Å². The third-order valence-corrected chi connectivity index (χ3v) is 1.56. The maximum absolute atomic E-state index is 5.50. The van der Waals surface area contributed by atoms with Crippen LogP contribution >= 0.6 is 0 Å². The monoisotopic (exact) mass is 142 g/mol. The Balaban J connectivity index is 2.60. The van der Waals surface area contributed by atoms with Crippen LogP contribution in [-0.4, -0.2) is 22.6 Å². The molecule has 1 aliphatic rings. The highest BCUT2D eigenvalue weighted by molar-refractivity contribution is 5.52. The summed E-state index contributed by atoms with van der Waals surface area (Å²) in [5, 5.41) is 0. The highest BCUT2D eigenvalue weighted by Crippen LogP contribution is 2.14. The fourth-order valence-electron chi connectivity index (χ4n) is 0.956. The molecule has 2 heteroatoms. The van der Waals surface area contributed by atoms with Gasteiger partial charge in [0, 0.05) is 20.8 Å². The van der Waals surface area contributed by atoms with Gasteiger partial charge in [-0.2, -0.15) is 0 Å². The van der Waals surface area contributed by atoms with Gasteiger partial charge in [-0.15, -0.1) is 0 Å². The van der Waals surface area contributed by atoms with E-state index in [-0.39, 0.29) is 5.54 Å². The van der Waals surface area contributed by atoms with Crippen LogP contribution in [0.25, 0.3) is 0 Å². The van der Waals surface area contributed by atoms with Crippen LogP contribution in [0.5, 0.6) is 0 Å². The average molecular weight is 142 g/mol. The van der Waals surface area contributed by atoms with Gasteiger partial charge in [0.15, 0.2) is 12.3 Å². The van der Waals surface area contributed by atoms with E-state index in [1.165, 1.54) is 0 Å².